The minimum Gasteiger partial charge on any atom is -0.393 e. The van der Waals surface area contributed by atoms with Crippen LogP contribution in [0.3, 0.4) is 0 Å². The molecule has 0 aromatic rings. The Balaban J connectivity index is 1.69. The van der Waals surface area contributed by atoms with Crippen LogP contribution in [-0.2, 0) is 4.79 Å². The number of aliphatic hydroxyl groups is 2. The third-order valence-corrected chi connectivity index (χ3v) is 8.55. The van der Waals surface area contributed by atoms with Gasteiger partial charge in [0.15, 0.2) is 5.78 Å². The molecular formula is C20H30O3. The lowest BCUT2D eigenvalue weighted by atomic mass is 9.46. The molecule has 6 unspecified atom stereocenters. The van der Waals surface area contributed by atoms with Gasteiger partial charge in [0.1, 0.15) is 0 Å². The molecule has 0 amide bonds. The van der Waals surface area contributed by atoms with E-state index >= 15 is 0 Å². The minimum atomic E-state index is -0.887. The van der Waals surface area contributed by atoms with Crippen LogP contribution < -0.4 is 0 Å². The van der Waals surface area contributed by atoms with Crippen LogP contribution in [0.5, 0.6) is 0 Å². The van der Waals surface area contributed by atoms with E-state index in [0.717, 1.165) is 44.9 Å². The van der Waals surface area contributed by atoms with Gasteiger partial charge < -0.3 is 10.2 Å². The Hall–Kier alpha value is -0.670. The second-order valence-corrected chi connectivity index (χ2v) is 9.15. The number of allylic oxidation sites excluding steroid dienone is 1. The molecule has 3 heteroatoms. The van der Waals surface area contributed by atoms with Gasteiger partial charge in [-0.1, -0.05) is 19.4 Å². The molecule has 0 aromatic heterocycles. The first-order valence-corrected chi connectivity index (χ1v) is 9.41. The molecule has 3 fully saturated rings. The lowest BCUT2D eigenvalue weighted by molar-refractivity contribution is -0.146. The van der Waals surface area contributed by atoms with Crippen LogP contribution in [0.15, 0.2) is 11.6 Å². The number of carbonyl (C=O) groups is 1. The van der Waals surface area contributed by atoms with Crippen LogP contribution in [0.2, 0.25) is 0 Å². The minimum absolute atomic E-state index is 0.103. The maximum atomic E-state index is 11.8. The number of hydrogen-bond acceptors (Lipinski definition) is 3. The summed E-state index contributed by atoms with van der Waals surface area (Å²) in [5, 5.41) is 20.8. The zero-order valence-corrected chi connectivity index (χ0v) is 14.5. The van der Waals surface area contributed by atoms with E-state index in [2.05, 4.69) is 13.8 Å². The van der Waals surface area contributed by atoms with E-state index in [0.29, 0.717) is 30.0 Å². The summed E-state index contributed by atoms with van der Waals surface area (Å²) in [6.07, 6.45) is 9.78. The maximum absolute atomic E-state index is 11.8. The van der Waals surface area contributed by atoms with Gasteiger partial charge in [-0.2, -0.15) is 0 Å². The fourth-order valence-corrected chi connectivity index (χ4v) is 6.93. The van der Waals surface area contributed by atoms with Crippen molar-refractivity contribution in [2.75, 3.05) is 6.61 Å². The number of fused-ring (bicyclic) bond motifs is 5. The van der Waals surface area contributed by atoms with Crippen molar-refractivity contribution in [2.24, 2.45) is 28.6 Å². The Morgan fingerprint density at radius 2 is 1.83 bits per heavy atom. The lowest BCUT2D eigenvalue weighted by Crippen LogP contribution is -2.56. The van der Waals surface area contributed by atoms with Crippen molar-refractivity contribution in [3.8, 4) is 0 Å². The van der Waals surface area contributed by atoms with Gasteiger partial charge >= 0.3 is 0 Å². The molecule has 4 rings (SSSR count). The predicted octanol–water partition coefficient (Wildman–Crippen LogP) is 3.24. The van der Waals surface area contributed by atoms with Gasteiger partial charge in [-0.15, -0.1) is 0 Å². The number of rotatable bonds is 1. The largest absolute Gasteiger partial charge is 0.393 e. The third-order valence-electron chi connectivity index (χ3n) is 8.55. The molecule has 0 radical (unpaired) electrons. The Kier molecular flexibility index (Phi) is 3.39. The van der Waals surface area contributed by atoms with Gasteiger partial charge in [0.05, 0.1) is 12.2 Å². The molecule has 23 heavy (non-hydrogen) atoms. The summed E-state index contributed by atoms with van der Waals surface area (Å²) in [5.41, 5.74) is 0.569. The summed E-state index contributed by atoms with van der Waals surface area (Å²) in [7, 11) is 0. The van der Waals surface area contributed by atoms with Gasteiger partial charge in [-0.05, 0) is 74.2 Å². The van der Waals surface area contributed by atoms with Gasteiger partial charge in [0, 0.05) is 11.8 Å². The number of ketones is 1. The van der Waals surface area contributed by atoms with Crippen LogP contribution in [0.1, 0.15) is 65.2 Å². The van der Waals surface area contributed by atoms with E-state index in [1.165, 1.54) is 5.57 Å². The molecular weight excluding hydrogens is 288 g/mol. The van der Waals surface area contributed by atoms with Crippen molar-refractivity contribution >= 4 is 5.78 Å². The van der Waals surface area contributed by atoms with Gasteiger partial charge in [-0.25, -0.2) is 0 Å². The monoisotopic (exact) mass is 318 g/mol. The summed E-state index contributed by atoms with van der Waals surface area (Å²) in [6, 6.07) is 0. The summed E-state index contributed by atoms with van der Waals surface area (Å²) < 4.78 is 0. The first kappa shape index (κ1) is 15.8. The Bertz CT molecular complexity index is 567. The second-order valence-electron chi connectivity index (χ2n) is 9.15. The van der Waals surface area contributed by atoms with Crippen LogP contribution >= 0.6 is 0 Å². The number of aliphatic hydroxyl groups excluding tert-OH is 1. The normalized spacial score (nSPS) is 52.4. The molecule has 0 saturated heterocycles. The number of carbonyl (C=O) groups excluding carboxylic acids is 1. The first-order chi connectivity index (χ1) is 10.8. The molecule has 4 aliphatic carbocycles. The fraction of sp³-hybridized carbons (Fsp3) is 0.850. The quantitative estimate of drug-likeness (QED) is 0.780. The lowest BCUT2D eigenvalue weighted by Gasteiger charge is -2.59. The predicted molar refractivity (Wildman–Crippen MR) is 88.7 cm³/mol. The van der Waals surface area contributed by atoms with Crippen molar-refractivity contribution in [2.45, 2.75) is 70.8 Å². The van der Waals surface area contributed by atoms with Gasteiger partial charge in [-0.3, -0.25) is 4.79 Å². The average molecular weight is 318 g/mol. The van der Waals surface area contributed by atoms with E-state index < -0.39 is 5.60 Å². The molecule has 0 spiro atoms. The SMILES string of the molecule is CC12CCC(=O)C=C1CCC1C2CCC2(C)C1CCC2(O)CO. The standard InChI is InChI=1S/C20H30O3/c1-18-8-5-14(22)11-13(18)3-4-15-16(18)6-9-19(2)17(15)7-10-20(19,23)12-21/h11,15-17,21,23H,3-10,12H2,1-2H3. The van der Waals surface area contributed by atoms with Gasteiger partial charge in [0.25, 0.3) is 0 Å². The molecule has 6 atom stereocenters. The van der Waals surface area contributed by atoms with E-state index in [4.69, 9.17) is 0 Å². The smallest absolute Gasteiger partial charge is 0.155 e. The molecule has 4 aliphatic rings. The molecule has 0 aromatic carbocycles. The molecule has 0 bridgehead atoms. The molecule has 0 heterocycles. The molecule has 2 N–H and O–H groups in total. The summed E-state index contributed by atoms with van der Waals surface area (Å²) in [4.78, 5) is 11.8. The van der Waals surface area contributed by atoms with Crippen LogP contribution in [0.4, 0.5) is 0 Å². The zero-order valence-electron chi connectivity index (χ0n) is 14.5. The molecule has 128 valence electrons. The van der Waals surface area contributed by atoms with Crippen LogP contribution in [-0.4, -0.2) is 28.2 Å². The Morgan fingerprint density at radius 1 is 1.09 bits per heavy atom. The van der Waals surface area contributed by atoms with E-state index in [1.54, 1.807) is 0 Å². The molecule has 3 saturated carbocycles. The topological polar surface area (TPSA) is 57.5 Å². The highest BCUT2D eigenvalue weighted by Gasteiger charge is 2.63. The highest BCUT2D eigenvalue weighted by Crippen LogP contribution is 2.67. The first-order valence-electron chi connectivity index (χ1n) is 9.41. The summed E-state index contributed by atoms with van der Waals surface area (Å²) in [6.45, 7) is 4.50. The fourth-order valence-electron chi connectivity index (χ4n) is 6.93. The van der Waals surface area contributed by atoms with Crippen molar-refractivity contribution in [1.82, 2.24) is 0 Å². The van der Waals surface area contributed by atoms with Crippen molar-refractivity contribution in [1.29, 1.82) is 0 Å². The summed E-state index contributed by atoms with van der Waals surface area (Å²) in [5.74, 6) is 2.13. The zero-order chi connectivity index (χ0) is 16.5. The average Bonchev–Trinajstić information content (AvgIpc) is 2.80. The maximum Gasteiger partial charge on any atom is 0.155 e. The Morgan fingerprint density at radius 3 is 2.57 bits per heavy atom. The summed E-state index contributed by atoms with van der Waals surface area (Å²) >= 11 is 0. The third kappa shape index (κ3) is 1.93. The number of hydrogen-bond donors (Lipinski definition) is 2. The van der Waals surface area contributed by atoms with Crippen molar-refractivity contribution in [3.05, 3.63) is 11.6 Å². The second kappa shape index (κ2) is 4.92. The molecule has 0 aliphatic heterocycles. The van der Waals surface area contributed by atoms with Gasteiger partial charge in [0.2, 0.25) is 0 Å². The van der Waals surface area contributed by atoms with Crippen LogP contribution in [0.25, 0.3) is 0 Å². The van der Waals surface area contributed by atoms with E-state index in [1.807, 2.05) is 6.08 Å². The Labute approximate surface area is 139 Å². The van der Waals surface area contributed by atoms with Crippen LogP contribution in [0, 0.1) is 28.6 Å². The van der Waals surface area contributed by atoms with Crippen molar-refractivity contribution in [3.63, 3.8) is 0 Å². The van der Waals surface area contributed by atoms with E-state index in [9.17, 15) is 15.0 Å². The highest BCUT2D eigenvalue weighted by atomic mass is 16.3. The van der Waals surface area contributed by atoms with E-state index in [-0.39, 0.29) is 17.4 Å². The highest BCUT2D eigenvalue weighted by molar-refractivity contribution is 5.91. The van der Waals surface area contributed by atoms with Crippen molar-refractivity contribution < 1.29 is 15.0 Å². The molecule has 3 nitrogen and oxygen atoms in total.